The van der Waals surface area contributed by atoms with E-state index in [1.165, 1.54) is 48.9 Å². The summed E-state index contributed by atoms with van der Waals surface area (Å²) in [4.78, 5) is 15.8. The van der Waals surface area contributed by atoms with Crippen LogP contribution >= 0.6 is 11.3 Å². The summed E-state index contributed by atoms with van der Waals surface area (Å²) in [7, 11) is 0. The number of aromatic nitrogens is 3. The second-order valence-electron chi connectivity index (χ2n) is 16.0. The highest BCUT2D eigenvalue weighted by Crippen LogP contribution is 2.50. The van der Waals surface area contributed by atoms with E-state index in [1.54, 1.807) is 11.3 Å². The van der Waals surface area contributed by atoms with Gasteiger partial charge in [-0.2, -0.15) is 0 Å². The average molecular weight is 774 g/mol. The first kappa shape index (κ1) is 33.9. The van der Waals surface area contributed by atoms with Gasteiger partial charge in [0, 0.05) is 53.1 Å². The van der Waals surface area contributed by atoms with Crippen LogP contribution < -0.4 is 0 Å². The Kier molecular flexibility index (Phi) is 7.41. The fourth-order valence-corrected chi connectivity index (χ4v) is 10.4. The minimum atomic E-state index is -0.0429. The highest BCUT2D eigenvalue weighted by molar-refractivity contribution is 7.26. The smallest absolute Gasteiger partial charge is 0.165 e. The molecule has 5 heteroatoms. The molecule has 59 heavy (non-hydrogen) atoms. The molecule has 3 heterocycles. The van der Waals surface area contributed by atoms with Gasteiger partial charge in [-0.25, -0.2) is 15.0 Å². The highest BCUT2D eigenvalue weighted by Gasteiger charge is 2.35. The molecule has 0 spiro atoms. The van der Waals surface area contributed by atoms with Gasteiger partial charge in [0.1, 0.15) is 11.2 Å². The van der Waals surface area contributed by atoms with Crippen LogP contribution in [0.1, 0.15) is 25.0 Å². The molecule has 0 saturated carbocycles. The Morgan fingerprint density at radius 3 is 1.90 bits per heavy atom. The second kappa shape index (κ2) is 12.9. The number of rotatable bonds is 5. The van der Waals surface area contributed by atoms with Gasteiger partial charge in [-0.1, -0.05) is 153 Å². The lowest BCUT2D eigenvalue weighted by Gasteiger charge is -2.21. The molecule has 0 radical (unpaired) electrons. The fraction of sp³-hybridized carbons (Fsp3) is 0.0556. The van der Waals surface area contributed by atoms with Gasteiger partial charge >= 0.3 is 0 Å². The summed E-state index contributed by atoms with van der Waals surface area (Å²) >= 11 is 1.78. The number of furan rings is 1. The van der Waals surface area contributed by atoms with Crippen LogP contribution in [0.3, 0.4) is 0 Å². The van der Waals surface area contributed by atoms with E-state index in [-0.39, 0.29) is 5.41 Å². The first-order valence-corrected chi connectivity index (χ1v) is 20.8. The summed E-state index contributed by atoms with van der Waals surface area (Å²) in [6, 6.07) is 62.4. The number of hydrogen-bond donors (Lipinski definition) is 0. The summed E-state index contributed by atoms with van der Waals surface area (Å²) in [5.41, 5.74) is 14.3. The van der Waals surface area contributed by atoms with Crippen molar-refractivity contribution in [3.05, 3.63) is 187 Å². The molecular formula is C54H35N3OS. The maximum atomic E-state index is 6.56. The van der Waals surface area contributed by atoms with E-state index in [4.69, 9.17) is 19.4 Å². The molecule has 0 fully saturated rings. The number of benzene rings is 8. The lowest BCUT2D eigenvalue weighted by Crippen LogP contribution is -2.14. The minimum absolute atomic E-state index is 0.0429. The van der Waals surface area contributed by atoms with Gasteiger partial charge in [0.25, 0.3) is 0 Å². The first-order chi connectivity index (χ1) is 29.0. The van der Waals surface area contributed by atoms with Crippen molar-refractivity contribution >= 4 is 53.4 Å². The van der Waals surface area contributed by atoms with Crippen molar-refractivity contribution in [1.82, 2.24) is 15.0 Å². The molecule has 278 valence electrons. The van der Waals surface area contributed by atoms with Crippen molar-refractivity contribution in [2.45, 2.75) is 19.3 Å². The third-order valence-corrected chi connectivity index (χ3v) is 13.4. The summed E-state index contributed by atoms with van der Waals surface area (Å²) < 4.78 is 8.96. The summed E-state index contributed by atoms with van der Waals surface area (Å²) in [6.07, 6.45) is 0. The third kappa shape index (κ3) is 5.32. The molecule has 0 bridgehead atoms. The van der Waals surface area contributed by atoms with Crippen molar-refractivity contribution in [2.24, 2.45) is 0 Å². The molecule has 1 aliphatic rings. The summed E-state index contributed by atoms with van der Waals surface area (Å²) in [6.45, 7) is 4.65. The van der Waals surface area contributed by atoms with Crippen molar-refractivity contribution in [3.63, 3.8) is 0 Å². The zero-order chi connectivity index (χ0) is 39.2. The van der Waals surface area contributed by atoms with E-state index in [1.807, 2.05) is 18.2 Å². The Hall–Kier alpha value is -7.21. The quantitative estimate of drug-likeness (QED) is 0.175. The predicted molar refractivity (Wildman–Crippen MR) is 245 cm³/mol. The van der Waals surface area contributed by atoms with Crippen molar-refractivity contribution < 1.29 is 4.42 Å². The van der Waals surface area contributed by atoms with Crippen molar-refractivity contribution in [2.75, 3.05) is 0 Å². The molecule has 4 nitrogen and oxygen atoms in total. The largest absolute Gasteiger partial charge is 0.456 e. The molecule has 11 aromatic rings. The first-order valence-electron chi connectivity index (χ1n) is 20.0. The Morgan fingerprint density at radius 2 is 1.02 bits per heavy atom. The zero-order valence-electron chi connectivity index (χ0n) is 32.4. The maximum Gasteiger partial charge on any atom is 0.165 e. The van der Waals surface area contributed by atoms with Crippen LogP contribution in [0.4, 0.5) is 0 Å². The van der Waals surface area contributed by atoms with Gasteiger partial charge in [0.05, 0.1) is 0 Å². The van der Waals surface area contributed by atoms with Gasteiger partial charge < -0.3 is 4.42 Å². The van der Waals surface area contributed by atoms with E-state index in [2.05, 4.69) is 172 Å². The monoisotopic (exact) mass is 773 g/mol. The Balaban J connectivity index is 1.05. The van der Waals surface area contributed by atoms with Crippen LogP contribution in [-0.2, 0) is 5.41 Å². The maximum absolute atomic E-state index is 6.56. The molecule has 0 N–H and O–H groups in total. The summed E-state index contributed by atoms with van der Waals surface area (Å²) in [5, 5.41) is 4.45. The molecule has 1 aliphatic carbocycles. The molecule has 0 unspecified atom stereocenters. The molecule has 12 rings (SSSR count). The summed E-state index contributed by atoms with van der Waals surface area (Å²) in [5.74, 6) is 1.86. The van der Waals surface area contributed by atoms with Gasteiger partial charge in [-0.05, 0) is 80.9 Å². The lowest BCUT2D eigenvalue weighted by molar-refractivity contribution is 0.660. The molecule has 0 atom stereocenters. The van der Waals surface area contributed by atoms with E-state index in [0.717, 1.165) is 54.5 Å². The second-order valence-corrected chi connectivity index (χ2v) is 17.0. The van der Waals surface area contributed by atoms with Crippen LogP contribution in [-0.4, -0.2) is 15.0 Å². The van der Waals surface area contributed by atoms with E-state index in [9.17, 15) is 0 Å². The molecule has 0 saturated heterocycles. The van der Waals surface area contributed by atoms with Gasteiger partial charge in [0.2, 0.25) is 0 Å². The number of hydrogen-bond acceptors (Lipinski definition) is 5. The topological polar surface area (TPSA) is 51.8 Å². The van der Waals surface area contributed by atoms with Crippen LogP contribution in [0, 0.1) is 0 Å². The SMILES string of the molecule is CC1(C)c2ccccc2-c2cc(-c3ccc4oc5cccc(-c6nc(-c7ccc(-c8ccccc8)cc7)nc(-c7cccc8c7sc7ccccc78)n6)c5c4c3)ccc21. The van der Waals surface area contributed by atoms with Gasteiger partial charge in [-0.15, -0.1) is 11.3 Å². The van der Waals surface area contributed by atoms with E-state index >= 15 is 0 Å². The predicted octanol–water partition coefficient (Wildman–Crippen LogP) is 14.8. The van der Waals surface area contributed by atoms with E-state index in [0.29, 0.717) is 17.5 Å². The molecule has 3 aromatic heterocycles. The highest BCUT2D eigenvalue weighted by atomic mass is 32.1. The van der Waals surface area contributed by atoms with Crippen LogP contribution in [0.5, 0.6) is 0 Å². The molecule has 0 aliphatic heterocycles. The average Bonchev–Trinajstić information content (AvgIpc) is 3.94. The number of thiophene rings is 1. The number of nitrogens with zero attached hydrogens (tertiary/aromatic N) is 3. The standard InChI is InChI=1S/C54H35N3OS/c1-54(2)44-19-8-6-14-37(44)42-30-35(26-28-45(42)54)36-27-29-46-43(31-36)49-40(17-11-20-47(49)58-46)52-55-51(34-24-22-33(23-25-34)32-12-4-3-5-13-32)56-53(57-52)41-18-10-16-39-38-15-7-9-21-48(38)59-50(39)41/h3-31H,1-2H3. The number of fused-ring (bicyclic) bond motifs is 9. The van der Waals surface area contributed by atoms with Crippen LogP contribution in [0.2, 0.25) is 0 Å². The van der Waals surface area contributed by atoms with Crippen molar-refractivity contribution in [3.8, 4) is 67.5 Å². The lowest BCUT2D eigenvalue weighted by atomic mass is 9.82. The fourth-order valence-electron chi connectivity index (χ4n) is 9.20. The Morgan fingerprint density at radius 1 is 0.407 bits per heavy atom. The molecular weight excluding hydrogens is 739 g/mol. The van der Waals surface area contributed by atoms with Crippen molar-refractivity contribution in [1.29, 1.82) is 0 Å². The Bertz CT molecular complexity index is 3470. The molecule has 0 amide bonds. The van der Waals surface area contributed by atoms with Crippen LogP contribution in [0.15, 0.2) is 180 Å². The van der Waals surface area contributed by atoms with Crippen LogP contribution in [0.25, 0.3) is 110 Å². The van der Waals surface area contributed by atoms with Gasteiger partial charge in [-0.3, -0.25) is 0 Å². The van der Waals surface area contributed by atoms with Gasteiger partial charge in [0.15, 0.2) is 17.5 Å². The van der Waals surface area contributed by atoms with E-state index < -0.39 is 0 Å². The zero-order valence-corrected chi connectivity index (χ0v) is 33.2. The molecule has 8 aromatic carbocycles. The Labute approximate surface area is 345 Å². The minimum Gasteiger partial charge on any atom is -0.456 e. The normalized spacial score (nSPS) is 13.1. The third-order valence-electron chi connectivity index (χ3n) is 12.2.